The van der Waals surface area contributed by atoms with Gasteiger partial charge in [0.2, 0.25) is 0 Å². The number of rotatable bonds is 3. The topological polar surface area (TPSA) is 77.0 Å². The van der Waals surface area contributed by atoms with Crippen LogP contribution in [0.15, 0.2) is 43.0 Å². The maximum atomic E-state index is 12.2. The van der Waals surface area contributed by atoms with Crippen LogP contribution in [0.4, 0.5) is 0 Å². The van der Waals surface area contributed by atoms with Crippen LogP contribution in [0.1, 0.15) is 34.9 Å². The van der Waals surface area contributed by atoms with Gasteiger partial charge in [-0.3, -0.25) is 9.78 Å². The lowest BCUT2D eigenvalue weighted by Crippen LogP contribution is -2.42. The Kier molecular flexibility index (Phi) is 4.16. The smallest absolute Gasteiger partial charge is 0.253 e. The molecule has 0 aliphatic carbocycles. The number of ether oxygens (including phenoxy) is 1. The molecule has 6 heteroatoms. The first-order chi connectivity index (χ1) is 10.3. The lowest BCUT2D eigenvalue weighted by atomic mass is 9.96. The van der Waals surface area contributed by atoms with E-state index in [0.717, 1.165) is 18.4 Å². The molecule has 0 unspecified atom stereocenters. The number of nitrogens with zero attached hydrogens (tertiary/aromatic N) is 3. The van der Waals surface area contributed by atoms with E-state index in [1.165, 1.54) is 12.4 Å². The third-order valence-corrected chi connectivity index (χ3v) is 3.52. The largest absolute Gasteiger partial charge is 0.371 e. The molecule has 0 bridgehead atoms. The van der Waals surface area contributed by atoms with Crippen molar-refractivity contribution < 1.29 is 9.53 Å². The molecule has 21 heavy (non-hydrogen) atoms. The quantitative estimate of drug-likeness (QED) is 0.924. The Morgan fingerprint density at radius 1 is 1.19 bits per heavy atom. The summed E-state index contributed by atoms with van der Waals surface area (Å²) >= 11 is 0. The van der Waals surface area contributed by atoms with Gasteiger partial charge >= 0.3 is 0 Å². The van der Waals surface area contributed by atoms with Crippen LogP contribution < -0.4 is 5.32 Å². The fourth-order valence-electron chi connectivity index (χ4n) is 2.49. The predicted octanol–water partition coefficient (Wildman–Crippen LogP) is 1.52. The van der Waals surface area contributed by atoms with Crippen LogP contribution in [0.2, 0.25) is 0 Å². The molecule has 0 radical (unpaired) electrons. The highest BCUT2D eigenvalue weighted by atomic mass is 16.5. The van der Waals surface area contributed by atoms with E-state index in [4.69, 9.17) is 4.74 Å². The Morgan fingerprint density at radius 3 is 2.81 bits per heavy atom. The van der Waals surface area contributed by atoms with Crippen LogP contribution >= 0.6 is 0 Å². The van der Waals surface area contributed by atoms with Crippen molar-refractivity contribution in [2.45, 2.75) is 25.0 Å². The van der Waals surface area contributed by atoms with Crippen molar-refractivity contribution in [1.82, 2.24) is 20.5 Å². The summed E-state index contributed by atoms with van der Waals surface area (Å²) in [6.45, 7) is 0.705. The van der Waals surface area contributed by atoms with Gasteiger partial charge in [0.05, 0.1) is 24.0 Å². The number of hydrogen-bond acceptors (Lipinski definition) is 5. The van der Waals surface area contributed by atoms with E-state index in [1.807, 2.05) is 12.1 Å². The van der Waals surface area contributed by atoms with E-state index in [0.29, 0.717) is 12.2 Å². The SMILES string of the molecule is O=C(N[C@H]1CCCO[C@@H]1c1ccncc1)c1ccnnc1. The molecule has 1 amide bonds. The first kappa shape index (κ1) is 13.6. The number of nitrogens with one attached hydrogen (secondary N) is 1. The van der Waals surface area contributed by atoms with Crippen LogP contribution in [0.25, 0.3) is 0 Å². The minimum Gasteiger partial charge on any atom is -0.371 e. The second-order valence-corrected chi connectivity index (χ2v) is 4.93. The molecule has 3 heterocycles. The van der Waals surface area contributed by atoms with E-state index in [1.54, 1.807) is 18.5 Å². The summed E-state index contributed by atoms with van der Waals surface area (Å²) in [5, 5.41) is 10.4. The average Bonchev–Trinajstić information content (AvgIpc) is 2.57. The zero-order valence-electron chi connectivity index (χ0n) is 11.5. The van der Waals surface area contributed by atoms with Crippen molar-refractivity contribution in [2.75, 3.05) is 6.61 Å². The molecule has 1 N–H and O–H groups in total. The Morgan fingerprint density at radius 2 is 2.05 bits per heavy atom. The monoisotopic (exact) mass is 284 g/mol. The molecule has 1 aliphatic heterocycles. The minimum atomic E-state index is -0.153. The molecule has 2 aromatic heterocycles. The average molecular weight is 284 g/mol. The zero-order valence-corrected chi connectivity index (χ0v) is 11.5. The van der Waals surface area contributed by atoms with Gasteiger partial charge in [-0.05, 0) is 36.6 Å². The Hall–Kier alpha value is -2.34. The zero-order chi connectivity index (χ0) is 14.5. The van der Waals surface area contributed by atoms with Crippen molar-refractivity contribution in [3.63, 3.8) is 0 Å². The van der Waals surface area contributed by atoms with Crippen molar-refractivity contribution in [2.24, 2.45) is 0 Å². The first-order valence-corrected chi connectivity index (χ1v) is 6.93. The van der Waals surface area contributed by atoms with Gasteiger partial charge in [-0.2, -0.15) is 10.2 Å². The fraction of sp³-hybridized carbons (Fsp3) is 0.333. The molecule has 0 saturated carbocycles. The second kappa shape index (κ2) is 6.41. The van der Waals surface area contributed by atoms with Gasteiger partial charge in [0.25, 0.3) is 5.91 Å². The van der Waals surface area contributed by atoms with Crippen molar-refractivity contribution in [1.29, 1.82) is 0 Å². The molecule has 3 rings (SSSR count). The lowest BCUT2D eigenvalue weighted by molar-refractivity contribution is -0.00950. The highest BCUT2D eigenvalue weighted by molar-refractivity contribution is 5.93. The normalized spacial score (nSPS) is 21.7. The van der Waals surface area contributed by atoms with Gasteiger partial charge < -0.3 is 10.1 Å². The molecule has 1 aliphatic rings. The fourth-order valence-corrected chi connectivity index (χ4v) is 2.49. The van der Waals surface area contributed by atoms with Gasteiger partial charge in [0.15, 0.2) is 0 Å². The first-order valence-electron chi connectivity index (χ1n) is 6.93. The summed E-state index contributed by atoms with van der Waals surface area (Å²) in [6.07, 6.45) is 8.11. The van der Waals surface area contributed by atoms with Gasteiger partial charge in [-0.25, -0.2) is 0 Å². The molecule has 2 atom stereocenters. The number of pyridine rings is 1. The Labute approximate surface area is 122 Å². The highest BCUT2D eigenvalue weighted by Crippen LogP contribution is 2.28. The number of carbonyl (C=O) groups excluding carboxylic acids is 1. The lowest BCUT2D eigenvalue weighted by Gasteiger charge is -2.32. The molecule has 2 aromatic rings. The molecular weight excluding hydrogens is 268 g/mol. The summed E-state index contributed by atoms with van der Waals surface area (Å²) in [5.41, 5.74) is 1.53. The molecule has 1 saturated heterocycles. The summed E-state index contributed by atoms with van der Waals surface area (Å²) in [7, 11) is 0. The standard InChI is InChI=1S/C15H16N4O2/c20-15(12-5-8-17-18-10-12)19-13-2-1-9-21-14(13)11-3-6-16-7-4-11/h3-8,10,13-14H,1-2,9H2,(H,19,20)/t13-,14+/m0/s1. The van der Waals surface area contributed by atoms with Crippen molar-refractivity contribution in [3.05, 3.63) is 54.1 Å². The Bertz CT molecular complexity index is 591. The second-order valence-electron chi connectivity index (χ2n) is 4.93. The molecule has 0 spiro atoms. The van der Waals surface area contributed by atoms with Crippen molar-refractivity contribution >= 4 is 5.91 Å². The van der Waals surface area contributed by atoms with E-state index in [-0.39, 0.29) is 18.1 Å². The summed E-state index contributed by atoms with van der Waals surface area (Å²) in [4.78, 5) is 16.3. The van der Waals surface area contributed by atoms with E-state index in [9.17, 15) is 4.79 Å². The molecule has 108 valence electrons. The number of hydrogen-bond donors (Lipinski definition) is 1. The van der Waals surface area contributed by atoms with Crippen molar-refractivity contribution in [3.8, 4) is 0 Å². The number of aromatic nitrogens is 3. The third-order valence-electron chi connectivity index (χ3n) is 3.52. The number of carbonyl (C=O) groups is 1. The van der Waals surface area contributed by atoms with Gasteiger partial charge in [-0.15, -0.1) is 0 Å². The molecular formula is C15H16N4O2. The van der Waals surface area contributed by atoms with E-state index >= 15 is 0 Å². The van der Waals surface area contributed by atoms with E-state index in [2.05, 4.69) is 20.5 Å². The molecule has 1 fully saturated rings. The minimum absolute atomic E-state index is 0.0539. The van der Waals surface area contributed by atoms with Crippen LogP contribution in [0, 0.1) is 0 Å². The van der Waals surface area contributed by atoms with Crippen LogP contribution in [0.5, 0.6) is 0 Å². The number of amides is 1. The summed E-state index contributed by atoms with van der Waals surface area (Å²) in [5.74, 6) is -0.153. The van der Waals surface area contributed by atoms with Crippen LogP contribution in [0.3, 0.4) is 0 Å². The summed E-state index contributed by atoms with van der Waals surface area (Å²) < 4.78 is 5.84. The Balaban J connectivity index is 1.75. The molecule has 6 nitrogen and oxygen atoms in total. The van der Waals surface area contributed by atoms with Gasteiger partial charge in [0.1, 0.15) is 6.10 Å². The van der Waals surface area contributed by atoms with E-state index < -0.39 is 0 Å². The van der Waals surface area contributed by atoms with Gasteiger partial charge in [-0.1, -0.05) is 0 Å². The van der Waals surface area contributed by atoms with Gasteiger partial charge in [0, 0.05) is 19.0 Å². The highest BCUT2D eigenvalue weighted by Gasteiger charge is 2.29. The molecule has 0 aromatic carbocycles. The summed E-state index contributed by atoms with van der Waals surface area (Å²) in [6, 6.07) is 5.43. The van der Waals surface area contributed by atoms with Crippen LogP contribution in [-0.4, -0.2) is 33.7 Å². The third kappa shape index (κ3) is 3.22. The van der Waals surface area contributed by atoms with Crippen LogP contribution in [-0.2, 0) is 4.74 Å². The maximum Gasteiger partial charge on any atom is 0.253 e. The predicted molar refractivity (Wildman–Crippen MR) is 75.5 cm³/mol. The maximum absolute atomic E-state index is 12.2.